The van der Waals surface area contributed by atoms with E-state index in [1.165, 1.54) is 12.1 Å². The molecule has 16 heavy (non-hydrogen) atoms. The van der Waals surface area contributed by atoms with Crippen LogP contribution in [0.4, 0.5) is 8.78 Å². The molecule has 0 aliphatic carbocycles. The van der Waals surface area contributed by atoms with Crippen molar-refractivity contribution in [2.24, 2.45) is 5.84 Å². The predicted molar refractivity (Wildman–Crippen MR) is 59.2 cm³/mol. The Morgan fingerprint density at radius 2 is 2.19 bits per heavy atom. The van der Waals surface area contributed by atoms with Crippen LogP contribution in [0.15, 0.2) is 18.2 Å². The first-order valence-electron chi connectivity index (χ1n) is 5.01. The first kappa shape index (κ1) is 12.6. The molecule has 1 aromatic carbocycles. The van der Waals surface area contributed by atoms with Gasteiger partial charge in [-0.2, -0.15) is 0 Å². The Morgan fingerprint density at radius 1 is 1.44 bits per heavy atom. The molecule has 0 saturated carbocycles. The van der Waals surface area contributed by atoms with Gasteiger partial charge in [-0.25, -0.2) is 8.78 Å². The number of hydrazine groups is 1. The highest BCUT2D eigenvalue weighted by atomic mass is 19.1. The van der Waals surface area contributed by atoms with Crippen LogP contribution in [-0.4, -0.2) is 6.04 Å². The first-order valence-corrected chi connectivity index (χ1v) is 5.01. The third-order valence-electron chi connectivity index (χ3n) is 2.35. The van der Waals surface area contributed by atoms with E-state index >= 15 is 0 Å². The maximum Gasteiger partial charge on any atom is 0.129 e. The summed E-state index contributed by atoms with van der Waals surface area (Å²) in [6, 6.07) is 3.42. The Morgan fingerprint density at radius 3 is 2.75 bits per heavy atom. The molecule has 86 valence electrons. The fraction of sp³-hybridized carbons (Fsp3) is 0.333. The van der Waals surface area contributed by atoms with Crippen LogP contribution in [0.5, 0.6) is 0 Å². The van der Waals surface area contributed by atoms with Gasteiger partial charge < -0.3 is 0 Å². The molecule has 0 bridgehead atoms. The number of hydrogen-bond donors (Lipinski definition) is 2. The molecule has 0 fully saturated rings. The molecule has 2 nitrogen and oxygen atoms in total. The van der Waals surface area contributed by atoms with Crippen molar-refractivity contribution in [2.45, 2.75) is 25.3 Å². The summed E-state index contributed by atoms with van der Waals surface area (Å²) >= 11 is 0. The summed E-state index contributed by atoms with van der Waals surface area (Å²) in [6.45, 7) is 0. The van der Waals surface area contributed by atoms with Crippen molar-refractivity contribution in [1.29, 1.82) is 0 Å². The molecule has 1 rings (SSSR count). The van der Waals surface area contributed by atoms with Crippen molar-refractivity contribution in [3.63, 3.8) is 0 Å². The van der Waals surface area contributed by atoms with Crippen molar-refractivity contribution < 1.29 is 8.78 Å². The Kier molecular flexibility index (Phi) is 4.90. The maximum atomic E-state index is 13.3. The second-order valence-electron chi connectivity index (χ2n) is 3.55. The number of nitrogens with two attached hydrogens (primary N) is 1. The predicted octanol–water partition coefficient (Wildman–Crippen LogP) is 1.75. The van der Waals surface area contributed by atoms with Gasteiger partial charge in [0.15, 0.2) is 0 Å². The lowest BCUT2D eigenvalue weighted by Crippen LogP contribution is -2.36. The van der Waals surface area contributed by atoms with Crippen LogP contribution >= 0.6 is 0 Å². The molecule has 1 unspecified atom stereocenters. The standard InChI is InChI=1S/C12H14F2N2/c1-2-3-4-11(16-15)7-9-5-6-10(13)8-12(9)14/h1,5-6,8,11,16H,3-4,7,15H2. The SMILES string of the molecule is C#CCCC(Cc1ccc(F)cc1F)NN. The lowest BCUT2D eigenvalue weighted by atomic mass is 10.0. The zero-order valence-corrected chi connectivity index (χ0v) is 8.84. The largest absolute Gasteiger partial charge is 0.271 e. The van der Waals surface area contributed by atoms with E-state index in [4.69, 9.17) is 12.3 Å². The van der Waals surface area contributed by atoms with Gasteiger partial charge in [0.2, 0.25) is 0 Å². The van der Waals surface area contributed by atoms with E-state index in [1.54, 1.807) is 0 Å². The second-order valence-corrected chi connectivity index (χ2v) is 3.55. The van der Waals surface area contributed by atoms with E-state index < -0.39 is 11.6 Å². The van der Waals surface area contributed by atoms with Gasteiger partial charge in [0.25, 0.3) is 0 Å². The highest BCUT2D eigenvalue weighted by molar-refractivity contribution is 5.19. The zero-order chi connectivity index (χ0) is 12.0. The van der Waals surface area contributed by atoms with Gasteiger partial charge in [-0.1, -0.05) is 6.07 Å². The van der Waals surface area contributed by atoms with Gasteiger partial charge in [0, 0.05) is 18.5 Å². The summed E-state index contributed by atoms with van der Waals surface area (Å²) in [5.74, 6) is 6.68. The normalized spacial score (nSPS) is 12.1. The molecule has 0 radical (unpaired) electrons. The molecule has 0 aliphatic heterocycles. The van der Waals surface area contributed by atoms with E-state index in [9.17, 15) is 8.78 Å². The van der Waals surface area contributed by atoms with Crippen LogP contribution < -0.4 is 11.3 Å². The van der Waals surface area contributed by atoms with Crippen LogP contribution in [0, 0.1) is 24.0 Å². The molecule has 0 heterocycles. The lowest BCUT2D eigenvalue weighted by Gasteiger charge is -2.14. The zero-order valence-electron chi connectivity index (χ0n) is 8.84. The minimum atomic E-state index is -0.581. The summed E-state index contributed by atoms with van der Waals surface area (Å²) in [4.78, 5) is 0. The van der Waals surface area contributed by atoms with Crippen molar-refractivity contribution in [3.8, 4) is 12.3 Å². The highest BCUT2D eigenvalue weighted by Crippen LogP contribution is 2.13. The van der Waals surface area contributed by atoms with Gasteiger partial charge >= 0.3 is 0 Å². The molecule has 1 aromatic rings. The summed E-state index contributed by atoms with van der Waals surface area (Å²) < 4.78 is 26.0. The average Bonchev–Trinajstić information content (AvgIpc) is 2.27. The molecule has 0 aliphatic rings. The van der Waals surface area contributed by atoms with Crippen molar-refractivity contribution in [3.05, 3.63) is 35.4 Å². The molecule has 0 amide bonds. The maximum absolute atomic E-state index is 13.3. The summed E-state index contributed by atoms with van der Waals surface area (Å²) in [7, 11) is 0. The number of hydrogen-bond acceptors (Lipinski definition) is 2. The number of halogens is 2. The van der Waals surface area contributed by atoms with Crippen LogP contribution in [0.2, 0.25) is 0 Å². The Hall–Kier alpha value is -1.44. The van der Waals surface area contributed by atoms with E-state index in [-0.39, 0.29) is 6.04 Å². The molecule has 0 aromatic heterocycles. The Labute approximate surface area is 93.8 Å². The number of benzene rings is 1. The van der Waals surface area contributed by atoms with Gasteiger partial charge in [-0.3, -0.25) is 11.3 Å². The fourth-order valence-corrected chi connectivity index (χ4v) is 1.45. The molecule has 0 saturated heterocycles. The molecular formula is C12H14F2N2. The molecule has 4 heteroatoms. The first-order chi connectivity index (χ1) is 7.67. The van der Waals surface area contributed by atoms with Crippen molar-refractivity contribution >= 4 is 0 Å². The van der Waals surface area contributed by atoms with E-state index in [0.717, 1.165) is 6.07 Å². The summed E-state index contributed by atoms with van der Waals surface area (Å²) in [5.41, 5.74) is 3.00. The summed E-state index contributed by atoms with van der Waals surface area (Å²) in [6.07, 6.45) is 6.75. The minimum Gasteiger partial charge on any atom is -0.271 e. The topological polar surface area (TPSA) is 38.0 Å². The molecule has 3 N–H and O–H groups in total. The number of nitrogens with one attached hydrogen (secondary N) is 1. The number of terminal acetylenes is 1. The van der Waals surface area contributed by atoms with E-state index in [0.29, 0.717) is 24.8 Å². The van der Waals surface area contributed by atoms with Gasteiger partial charge in [0.05, 0.1) is 0 Å². The van der Waals surface area contributed by atoms with Crippen LogP contribution in [0.1, 0.15) is 18.4 Å². The smallest absolute Gasteiger partial charge is 0.129 e. The molecular weight excluding hydrogens is 210 g/mol. The van der Waals surface area contributed by atoms with Gasteiger partial charge in [-0.05, 0) is 24.5 Å². The minimum absolute atomic E-state index is 0.101. The van der Waals surface area contributed by atoms with Gasteiger partial charge in [-0.15, -0.1) is 12.3 Å². The second kappa shape index (κ2) is 6.21. The van der Waals surface area contributed by atoms with Crippen molar-refractivity contribution in [1.82, 2.24) is 5.43 Å². The number of rotatable bonds is 5. The fourth-order valence-electron chi connectivity index (χ4n) is 1.45. The average molecular weight is 224 g/mol. The van der Waals surface area contributed by atoms with E-state index in [2.05, 4.69) is 11.3 Å². The third-order valence-corrected chi connectivity index (χ3v) is 2.35. The quantitative estimate of drug-likeness (QED) is 0.454. The summed E-state index contributed by atoms with van der Waals surface area (Å²) in [5, 5.41) is 0. The van der Waals surface area contributed by atoms with Crippen LogP contribution in [0.3, 0.4) is 0 Å². The van der Waals surface area contributed by atoms with E-state index in [1.807, 2.05) is 0 Å². The molecule has 0 spiro atoms. The Balaban J connectivity index is 2.67. The van der Waals surface area contributed by atoms with Crippen LogP contribution in [0.25, 0.3) is 0 Å². The molecule has 1 atom stereocenters. The lowest BCUT2D eigenvalue weighted by molar-refractivity contribution is 0.483. The Bertz CT molecular complexity index is 385. The van der Waals surface area contributed by atoms with Crippen LogP contribution in [-0.2, 0) is 6.42 Å². The van der Waals surface area contributed by atoms with Crippen molar-refractivity contribution in [2.75, 3.05) is 0 Å². The third kappa shape index (κ3) is 3.61. The highest BCUT2D eigenvalue weighted by Gasteiger charge is 2.10. The van der Waals surface area contributed by atoms with Gasteiger partial charge in [0.1, 0.15) is 11.6 Å². The monoisotopic (exact) mass is 224 g/mol.